The van der Waals surface area contributed by atoms with Crippen LogP contribution in [0.5, 0.6) is 0 Å². The maximum absolute atomic E-state index is 4.71. The Kier molecular flexibility index (Phi) is 9.78. The quantitative estimate of drug-likeness (QED) is 0.131. The summed E-state index contributed by atoms with van der Waals surface area (Å²) < 4.78 is 0. The average molecular weight is 781 g/mol. The number of aromatic nitrogens is 2. The molecule has 0 spiro atoms. The first-order valence-electron chi connectivity index (χ1n) is 15.5. The number of hydrogen-bond donors (Lipinski definition) is 0. The standard InChI is InChI=1S/C33H24N.C11H8N.Ir/c1-22-9-7-10-23(2)33(22)27-17-18-34-32(21-27)26-13-8-12-24(19-26)31-20-25-11-3-4-14-28(25)29-15-5-6-16-30(29)31;1-2-6-10(7-3-1)11-8-4-5-9-12-11;/h3-12,14-21H,1-2H3;1-6,8-9H;/q2*-1;. The minimum atomic E-state index is 0. The molecule has 0 bridgehead atoms. The Morgan fingerprint density at radius 1 is 0.468 bits per heavy atom. The molecule has 2 aromatic heterocycles. The van der Waals surface area contributed by atoms with Crippen molar-refractivity contribution in [2.45, 2.75) is 13.8 Å². The molecule has 0 aliphatic rings. The molecular weight excluding hydrogens is 749 g/mol. The summed E-state index contributed by atoms with van der Waals surface area (Å²) in [5, 5.41) is 5.07. The van der Waals surface area contributed by atoms with Gasteiger partial charge in [0.1, 0.15) is 0 Å². The monoisotopic (exact) mass is 781 g/mol. The second-order valence-electron chi connectivity index (χ2n) is 11.4. The summed E-state index contributed by atoms with van der Waals surface area (Å²) in [5.74, 6) is 0. The van der Waals surface area contributed by atoms with Crippen LogP contribution in [0.3, 0.4) is 0 Å². The molecule has 0 aliphatic heterocycles. The van der Waals surface area contributed by atoms with Crippen molar-refractivity contribution in [2.24, 2.45) is 0 Å². The minimum Gasteiger partial charge on any atom is -0.305 e. The van der Waals surface area contributed by atoms with Gasteiger partial charge in [0.05, 0.1) is 0 Å². The Morgan fingerprint density at radius 3 is 1.94 bits per heavy atom. The van der Waals surface area contributed by atoms with Crippen LogP contribution in [0.1, 0.15) is 11.1 Å². The zero-order chi connectivity index (χ0) is 31.3. The van der Waals surface area contributed by atoms with Crippen LogP contribution in [0, 0.1) is 26.0 Å². The summed E-state index contributed by atoms with van der Waals surface area (Å²) in [6, 6.07) is 56.9. The number of benzene rings is 6. The van der Waals surface area contributed by atoms with Crippen molar-refractivity contribution in [1.29, 1.82) is 0 Å². The predicted octanol–water partition coefficient (Wildman–Crippen LogP) is 11.4. The van der Waals surface area contributed by atoms with Crippen LogP contribution in [0.25, 0.3) is 66.3 Å². The van der Waals surface area contributed by atoms with E-state index in [1.807, 2.05) is 54.7 Å². The van der Waals surface area contributed by atoms with Crippen LogP contribution in [-0.2, 0) is 20.1 Å². The van der Waals surface area contributed by atoms with Gasteiger partial charge in [0.2, 0.25) is 0 Å². The second-order valence-corrected chi connectivity index (χ2v) is 11.4. The molecule has 0 aliphatic carbocycles. The summed E-state index contributed by atoms with van der Waals surface area (Å²) in [4.78, 5) is 8.93. The zero-order valence-corrected chi connectivity index (χ0v) is 28.6. The topological polar surface area (TPSA) is 25.8 Å². The second kappa shape index (κ2) is 14.5. The van der Waals surface area contributed by atoms with Crippen molar-refractivity contribution in [1.82, 2.24) is 9.97 Å². The van der Waals surface area contributed by atoms with E-state index in [1.54, 1.807) is 6.20 Å². The van der Waals surface area contributed by atoms with E-state index in [9.17, 15) is 0 Å². The molecule has 229 valence electrons. The molecule has 1 radical (unpaired) electrons. The number of pyridine rings is 2. The van der Waals surface area contributed by atoms with Gasteiger partial charge in [0.15, 0.2) is 0 Å². The predicted molar refractivity (Wildman–Crippen MR) is 192 cm³/mol. The van der Waals surface area contributed by atoms with Crippen LogP contribution >= 0.6 is 0 Å². The number of nitrogens with zero attached hydrogens (tertiary/aromatic N) is 2. The fourth-order valence-corrected chi connectivity index (χ4v) is 6.15. The van der Waals surface area contributed by atoms with Gasteiger partial charge in [-0.15, -0.1) is 71.3 Å². The third-order valence-corrected chi connectivity index (χ3v) is 8.34. The van der Waals surface area contributed by atoms with Gasteiger partial charge in [0.25, 0.3) is 0 Å². The van der Waals surface area contributed by atoms with E-state index in [0.29, 0.717) is 0 Å². The van der Waals surface area contributed by atoms with Crippen molar-refractivity contribution >= 4 is 21.5 Å². The average Bonchev–Trinajstić information content (AvgIpc) is 3.12. The molecule has 2 nitrogen and oxygen atoms in total. The van der Waals surface area contributed by atoms with E-state index < -0.39 is 0 Å². The van der Waals surface area contributed by atoms with Gasteiger partial charge in [-0.1, -0.05) is 84.9 Å². The smallest absolute Gasteiger partial charge is 0.0166 e. The molecule has 0 fully saturated rings. The van der Waals surface area contributed by atoms with E-state index in [2.05, 4.69) is 128 Å². The molecule has 8 rings (SSSR count). The van der Waals surface area contributed by atoms with Gasteiger partial charge in [-0.3, -0.25) is 0 Å². The minimum absolute atomic E-state index is 0. The Balaban J connectivity index is 0.000000250. The Morgan fingerprint density at radius 2 is 1.17 bits per heavy atom. The molecule has 0 saturated carbocycles. The molecule has 8 aromatic rings. The molecule has 6 aromatic carbocycles. The molecular formula is C44H32IrN2-2. The number of aryl methyl sites for hydroxylation is 2. The fourth-order valence-electron chi connectivity index (χ4n) is 6.15. The van der Waals surface area contributed by atoms with Crippen molar-refractivity contribution in [2.75, 3.05) is 0 Å². The Bertz CT molecular complexity index is 2220. The maximum Gasteiger partial charge on any atom is 0.0166 e. The molecule has 0 atom stereocenters. The fraction of sp³-hybridized carbons (Fsp3) is 0.0455. The van der Waals surface area contributed by atoms with Crippen molar-refractivity contribution < 1.29 is 20.1 Å². The third kappa shape index (κ3) is 6.83. The summed E-state index contributed by atoms with van der Waals surface area (Å²) >= 11 is 0. The first-order chi connectivity index (χ1) is 22.7. The summed E-state index contributed by atoms with van der Waals surface area (Å²) in [6.45, 7) is 4.33. The van der Waals surface area contributed by atoms with Gasteiger partial charge >= 0.3 is 0 Å². The summed E-state index contributed by atoms with van der Waals surface area (Å²) in [7, 11) is 0. The number of fused-ring (bicyclic) bond motifs is 3. The van der Waals surface area contributed by atoms with E-state index in [0.717, 1.165) is 22.5 Å². The van der Waals surface area contributed by atoms with Crippen molar-refractivity contribution in [3.63, 3.8) is 0 Å². The number of rotatable bonds is 4. The van der Waals surface area contributed by atoms with Crippen molar-refractivity contribution in [3.05, 3.63) is 181 Å². The zero-order valence-electron chi connectivity index (χ0n) is 26.2. The van der Waals surface area contributed by atoms with Crippen LogP contribution in [0.15, 0.2) is 158 Å². The van der Waals surface area contributed by atoms with Crippen LogP contribution < -0.4 is 0 Å². The van der Waals surface area contributed by atoms with Crippen LogP contribution in [0.4, 0.5) is 0 Å². The molecule has 0 saturated heterocycles. The first kappa shape index (κ1) is 31.8. The SMILES string of the molecule is Cc1cccc(C)c1-c1ccnc(-c2[c-]ccc(-c3cc4ccccc4c4ccccc34)c2)c1.[Ir].[c-]1ccccc1-c1ccccn1. The van der Waals surface area contributed by atoms with Gasteiger partial charge in [-0.05, 0) is 92.8 Å². The molecule has 0 unspecified atom stereocenters. The summed E-state index contributed by atoms with van der Waals surface area (Å²) in [5.41, 5.74) is 11.4. The molecule has 47 heavy (non-hydrogen) atoms. The van der Waals surface area contributed by atoms with E-state index in [1.165, 1.54) is 54.9 Å². The Hall–Kier alpha value is -5.21. The van der Waals surface area contributed by atoms with E-state index >= 15 is 0 Å². The molecule has 3 heteroatoms. The van der Waals surface area contributed by atoms with Crippen LogP contribution in [0.2, 0.25) is 0 Å². The van der Waals surface area contributed by atoms with Crippen LogP contribution in [-0.4, -0.2) is 9.97 Å². The Labute approximate surface area is 290 Å². The largest absolute Gasteiger partial charge is 0.305 e. The summed E-state index contributed by atoms with van der Waals surface area (Å²) in [6.07, 6.45) is 3.69. The first-order valence-corrected chi connectivity index (χ1v) is 15.5. The molecule has 0 amide bonds. The van der Waals surface area contributed by atoms with Gasteiger partial charge in [-0.2, -0.15) is 0 Å². The normalized spacial score (nSPS) is 10.6. The van der Waals surface area contributed by atoms with Crippen molar-refractivity contribution in [3.8, 4) is 44.8 Å². The van der Waals surface area contributed by atoms with Gasteiger partial charge in [-0.25, -0.2) is 0 Å². The molecule has 0 N–H and O–H groups in total. The van der Waals surface area contributed by atoms with Gasteiger partial charge in [0, 0.05) is 32.5 Å². The van der Waals surface area contributed by atoms with Gasteiger partial charge < -0.3 is 9.97 Å². The third-order valence-electron chi connectivity index (χ3n) is 8.34. The van der Waals surface area contributed by atoms with E-state index in [4.69, 9.17) is 4.98 Å². The van der Waals surface area contributed by atoms with E-state index in [-0.39, 0.29) is 20.1 Å². The number of hydrogen-bond acceptors (Lipinski definition) is 2. The molecule has 2 heterocycles. The maximum atomic E-state index is 4.71.